The van der Waals surface area contributed by atoms with Crippen LogP contribution in [0.25, 0.3) is 0 Å². The fourth-order valence-electron chi connectivity index (χ4n) is 0. The molecule has 4 heavy (non-hydrogen) atoms. The fraction of sp³-hybridized carbons (Fsp3) is 0. The Balaban J connectivity index is 0. The zero-order valence-corrected chi connectivity index (χ0v) is 14.6. The summed E-state index contributed by atoms with van der Waals surface area (Å²) in [5.74, 6) is 0. The second-order valence-corrected chi connectivity index (χ2v) is 0. The van der Waals surface area contributed by atoms with E-state index in [0.29, 0.717) is 0 Å². The van der Waals surface area contributed by atoms with Crippen LogP contribution in [0, 0.1) is 0 Å². The third kappa shape index (κ3) is 8.84. The molecule has 1 atom stereocenters. The summed E-state index contributed by atoms with van der Waals surface area (Å²) in [4.78, 5) is 0. The van der Waals surface area contributed by atoms with E-state index in [0.717, 1.165) is 0 Å². The van der Waals surface area contributed by atoms with Crippen LogP contribution in [0.1, 0.15) is 0 Å². The molecular weight excluding hydrogens is 458 g/mol. The monoisotopic (exact) mass is 467 g/mol. The van der Waals surface area contributed by atoms with E-state index in [1.54, 1.807) is 0 Å². The SMILES string of the molecule is P.[BiH3].[Mo].[SbH2]. The van der Waals surface area contributed by atoms with Gasteiger partial charge in [0.15, 0.2) is 0 Å². The van der Waals surface area contributed by atoms with E-state index in [2.05, 4.69) is 0 Å². The molecule has 0 aromatic rings. The van der Waals surface area contributed by atoms with Crippen LogP contribution in [0.3, 0.4) is 0 Å². The third-order valence-corrected chi connectivity index (χ3v) is 0. The van der Waals surface area contributed by atoms with Gasteiger partial charge in [-0.25, -0.2) is 0 Å². The Bertz CT molecular complexity index is 8.00. The Kier molecular flexibility index (Phi) is 123. The average molecular weight is 466 g/mol. The number of rotatable bonds is 0. The summed E-state index contributed by atoms with van der Waals surface area (Å²) < 4.78 is 0. The molecule has 0 rings (SSSR count). The molecule has 29 valence electrons. The maximum atomic E-state index is 0. The van der Waals surface area contributed by atoms with Crippen molar-refractivity contribution in [1.29, 1.82) is 0 Å². The van der Waals surface area contributed by atoms with Gasteiger partial charge < -0.3 is 0 Å². The summed E-state index contributed by atoms with van der Waals surface area (Å²) in [6.45, 7) is 0. The zero-order chi connectivity index (χ0) is 0. The first-order chi connectivity index (χ1) is 0. The molecule has 0 aromatic carbocycles. The van der Waals surface area contributed by atoms with Crippen molar-refractivity contribution in [2.75, 3.05) is 0 Å². The molecule has 0 aromatic heterocycles. The first-order valence-corrected chi connectivity index (χ1v) is 0. The summed E-state index contributed by atoms with van der Waals surface area (Å²) >= 11 is 0. The van der Waals surface area contributed by atoms with Crippen molar-refractivity contribution in [2.24, 2.45) is 0 Å². The van der Waals surface area contributed by atoms with E-state index in [-0.39, 0.29) is 81.6 Å². The van der Waals surface area contributed by atoms with E-state index in [4.69, 9.17) is 0 Å². The van der Waals surface area contributed by atoms with Gasteiger partial charge in [0.2, 0.25) is 0 Å². The van der Waals surface area contributed by atoms with Crippen molar-refractivity contribution in [3.63, 3.8) is 0 Å². The van der Waals surface area contributed by atoms with E-state index >= 15 is 0 Å². The van der Waals surface area contributed by atoms with Crippen molar-refractivity contribution in [3.05, 3.63) is 0 Å². The molecule has 0 saturated carbocycles. The van der Waals surface area contributed by atoms with E-state index < -0.39 is 0 Å². The van der Waals surface area contributed by atoms with E-state index in [1.165, 1.54) is 0 Å². The minimum absolute atomic E-state index is 0. The molecule has 0 saturated heterocycles. The van der Waals surface area contributed by atoms with Crippen molar-refractivity contribution in [3.8, 4) is 0 Å². The van der Waals surface area contributed by atoms with Gasteiger partial charge in [-0.05, 0) is 0 Å². The van der Waals surface area contributed by atoms with Crippen molar-refractivity contribution in [1.82, 2.24) is 0 Å². The summed E-state index contributed by atoms with van der Waals surface area (Å²) in [7, 11) is 0. The second kappa shape index (κ2) is 17.0. The van der Waals surface area contributed by atoms with Crippen LogP contribution in [0.4, 0.5) is 0 Å². The van der Waals surface area contributed by atoms with Crippen LogP contribution >= 0.6 is 9.90 Å². The first-order valence-electron chi connectivity index (χ1n) is 0. The molecule has 0 aliphatic heterocycles. The molecule has 4 heteroatoms. The Morgan fingerprint density at radius 3 is 1.00 bits per heavy atom. The molecular formula is H8BiMoPSb. The molecule has 0 spiro atoms. The number of hydrogen-bond acceptors (Lipinski definition) is 0. The second-order valence-electron chi connectivity index (χ2n) is 0. The molecule has 0 fully saturated rings. The van der Waals surface area contributed by atoms with Gasteiger partial charge in [0.1, 0.15) is 0 Å². The summed E-state index contributed by atoms with van der Waals surface area (Å²) in [5, 5.41) is 0. The van der Waals surface area contributed by atoms with E-state index in [1.807, 2.05) is 0 Å². The predicted octanol–water partition coefficient (Wildman–Crippen LogP) is -2.04. The van der Waals surface area contributed by atoms with Gasteiger partial charge in [0.05, 0.1) is 0 Å². The van der Waals surface area contributed by atoms with Gasteiger partial charge in [-0.15, -0.1) is 0 Å². The van der Waals surface area contributed by atoms with Gasteiger partial charge in [0.25, 0.3) is 0 Å². The fourth-order valence-corrected chi connectivity index (χ4v) is 0. The summed E-state index contributed by atoms with van der Waals surface area (Å²) in [5.41, 5.74) is 0. The van der Waals surface area contributed by atoms with Gasteiger partial charge in [-0.1, -0.05) is 0 Å². The third-order valence-electron chi connectivity index (χ3n) is 0. The van der Waals surface area contributed by atoms with Gasteiger partial charge in [-0.2, -0.15) is 9.90 Å². The molecule has 0 bridgehead atoms. The van der Waals surface area contributed by atoms with Gasteiger partial charge in [-0.3, -0.25) is 0 Å². The molecule has 0 N–H and O–H groups in total. The van der Waals surface area contributed by atoms with Crippen molar-refractivity contribution >= 4 is 60.5 Å². The standard InChI is InChI=1S/Bi.Mo.H3P.Sb.5H/h;;1H3;;;;;;. The van der Waals surface area contributed by atoms with Crippen LogP contribution in [-0.4, -0.2) is 50.6 Å². The summed E-state index contributed by atoms with van der Waals surface area (Å²) in [6.07, 6.45) is 0. The Labute approximate surface area is 80.3 Å². The van der Waals surface area contributed by atoms with E-state index in [9.17, 15) is 0 Å². The van der Waals surface area contributed by atoms with Crippen LogP contribution < -0.4 is 0 Å². The van der Waals surface area contributed by atoms with Crippen LogP contribution in [0.15, 0.2) is 0 Å². The van der Waals surface area contributed by atoms with Gasteiger partial charge in [0, 0.05) is 21.1 Å². The Hall–Kier alpha value is 2.82. The van der Waals surface area contributed by atoms with Crippen LogP contribution in [0.2, 0.25) is 0 Å². The topological polar surface area (TPSA) is 0 Å². The normalized spacial score (nSPS) is 0. The predicted molar refractivity (Wildman–Crippen MR) is 29.6 cm³/mol. The van der Waals surface area contributed by atoms with Crippen molar-refractivity contribution < 1.29 is 21.1 Å². The molecule has 0 nitrogen and oxygen atoms in total. The molecule has 0 heterocycles. The van der Waals surface area contributed by atoms with Crippen LogP contribution in [0.5, 0.6) is 0 Å². The first kappa shape index (κ1) is 29.1. The quantitative estimate of drug-likeness (QED) is 0.286. The Morgan fingerprint density at radius 2 is 1.00 bits per heavy atom. The molecule has 0 amide bonds. The minimum atomic E-state index is 0. The van der Waals surface area contributed by atoms with Crippen molar-refractivity contribution in [2.45, 2.75) is 0 Å². The molecule has 0 aliphatic carbocycles. The maximum absolute atomic E-state index is 0. The summed E-state index contributed by atoms with van der Waals surface area (Å²) in [6, 6.07) is 0. The zero-order valence-electron chi connectivity index (χ0n) is 2.40. The van der Waals surface area contributed by atoms with Crippen LogP contribution in [-0.2, 0) is 21.1 Å². The average Bonchev–Trinajstić information content (AvgIpc) is 0. The molecule has 1 radical (unpaired) electrons. The Morgan fingerprint density at radius 1 is 1.00 bits per heavy atom. The number of hydrogen-bond donors (Lipinski definition) is 0. The molecule has 0 aliphatic rings. The molecule has 1 unspecified atom stereocenters. The van der Waals surface area contributed by atoms with Gasteiger partial charge >= 0.3 is 50.6 Å².